The first-order valence-electron chi connectivity index (χ1n) is 12.6. The fraction of sp³-hybridized carbons (Fsp3) is 0.214. The lowest BCUT2D eigenvalue weighted by molar-refractivity contribution is -0.277. The standard InChI is InChI=1S/C28H24O16/c29-11-6-13(31)19-17(7-11)42-26(24(38)22(19)36)9-1-2-16(12(30)3-9)43-28-25(39)23(37)21(35)18(44-28)8-41-27(40)10-4-14(32)20(34)15(33)5-10/h1-7,18,21,23,25,28-35,37-39H,8H2/t18-,21-,23-,25-,28-/m1/s1. The SMILES string of the molecule is O=C(OC[C@H]1O[C@@H](Oc2ccc(-c3oc4cc(O)cc(O)c4c(=O)c3O)cc2O)[C@H](O)[C@H](O)[C@@H]1O)c1cc(O)c(O)c(O)c1. The van der Waals surface area contributed by atoms with Crippen molar-refractivity contribution in [1.82, 2.24) is 0 Å². The van der Waals surface area contributed by atoms with Gasteiger partial charge in [0.15, 0.2) is 34.5 Å². The monoisotopic (exact) mass is 616 g/mol. The molecule has 0 radical (unpaired) electrons. The van der Waals surface area contributed by atoms with E-state index < -0.39 is 100 Å². The number of phenolic OH excluding ortho intramolecular Hbond substituents is 6. The summed E-state index contributed by atoms with van der Waals surface area (Å²) < 4.78 is 21.4. The van der Waals surface area contributed by atoms with Crippen LogP contribution in [0, 0.1) is 0 Å². The molecule has 1 fully saturated rings. The highest BCUT2D eigenvalue weighted by atomic mass is 16.7. The number of hydrogen-bond donors (Lipinski definition) is 10. The minimum atomic E-state index is -1.88. The Morgan fingerprint density at radius 2 is 1.45 bits per heavy atom. The molecule has 0 spiro atoms. The van der Waals surface area contributed by atoms with E-state index in [1.54, 1.807) is 0 Å². The number of rotatable bonds is 6. The fourth-order valence-corrected chi connectivity index (χ4v) is 4.47. The van der Waals surface area contributed by atoms with Crippen molar-refractivity contribution in [1.29, 1.82) is 0 Å². The molecule has 232 valence electrons. The Labute approximate surface area is 244 Å². The highest BCUT2D eigenvalue weighted by Crippen LogP contribution is 2.39. The lowest BCUT2D eigenvalue weighted by atomic mass is 9.99. The molecule has 3 aromatic carbocycles. The first-order valence-corrected chi connectivity index (χ1v) is 12.6. The summed E-state index contributed by atoms with van der Waals surface area (Å²) in [6.07, 6.45) is -8.76. The first-order chi connectivity index (χ1) is 20.8. The van der Waals surface area contributed by atoms with Crippen LogP contribution in [0.2, 0.25) is 0 Å². The Bertz CT molecular complexity index is 1790. The number of benzene rings is 3. The molecule has 1 saturated heterocycles. The average molecular weight is 616 g/mol. The highest BCUT2D eigenvalue weighted by molar-refractivity contribution is 5.91. The Balaban J connectivity index is 1.34. The summed E-state index contributed by atoms with van der Waals surface area (Å²) in [6, 6.07) is 6.89. The molecule has 1 aliphatic heterocycles. The van der Waals surface area contributed by atoms with Crippen molar-refractivity contribution in [2.24, 2.45) is 0 Å². The molecule has 16 nitrogen and oxygen atoms in total. The number of esters is 1. The summed E-state index contributed by atoms with van der Waals surface area (Å²) in [6.45, 7) is -0.720. The summed E-state index contributed by atoms with van der Waals surface area (Å²) in [5, 5.41) is 100. The number of carbonyl (C=O) groups excluding carboxylic acids is 1. The third-order valence-electron chi connectivity index (χ3n) is 6.75. The third kappa shape index (κ3) is 5.40. The Morgan fingerprint density at radius 1 is 0.773 bits per heavy atom. The van der Waals surface area contributed by atoms with E-state index in [9.17, 15) is 60.7 Å². The van der Waals surface area contributed by atoms with Crippen molar-refractivity contribution >= 4 is 16.9 Å². The Hall–Kier alpha value is -5.42. The van der Waals surface area contributed by atoms with E-state index in [-0.39, 0.29) is 22.5 Å². The molecule has 0 bridgehead atoms. The molecule has 0 amide bonds. The van der Waals surface area contributed by atoms with Crippen LogP contribution in [0.25, 0.3) is 22.3 Å². The molecule has 0 aliphatic carbocycles. The maximum atomic E-state index is 12.6. The Morgan fingerprint density at radius 3 is 2.11 bits per heavy atom. The molecule has 0 unspecified atom stereocenters. The minimum absolute atomic E-state index is 0.0501. The summed E-state index contributed by atoms with van der Waals surface area (Å²) in [4.78, 5) is 25.0. The number of fused-ring (bicyclic) bond motifs is 1. The molecular formula is C28H24O16. The van der Waals surface area contributed by atoms with Crippen LogP contribution in [0.5, 0.6) is 46.0 Å². The van der Waals surface area contributed by atoms with Crippen LogP contribution in [-0.2, 0) is 9.47 Å². The summed E-state index contributed by atoms with van der Waals surface area (Å²) in [7, 11) is 0. The van der Waals surface area contributed by atoms with Crippen LogP contribution in [-0.4, -0.2) is 94.3 Å². The van der Waals surface area contributed by atoms with Gasteiger partial charge in [-0.2, -0.15) is 0 Å². The molecule has 0 saturated carbocycles. The zero-order valence-corrected chi connectivity index (χ0v) is 22.1. The van der Waals surface area contributed by atoms with Gasteiger partial charge in [-0.3, -0.25) is 4.79 Å². The van der Waals surface area contributed by atoms with Gasteiger partial charge >= 0.3 is 5.97 Å². The molecule has 44 heavy (non-hydrogen) atoms. The zero-order valence-electron chi connectivity index (χ0n) is 22.1. The number of aliphatic hydroxyl groups is 3. The molecule has 1 aliphatic rings. The van der Waals surface area contributed by atoms with Crippen LogP contribution >= 0.6 is 0 Å². The highest BCUT2D eigenvalue weighted by Gasteiger charge is 2.45. The second-order valence-electron chi connectivity index (χ2n) is 9.72. The zero-order chi connectivity index (χ0) is 32.0. The number of phenols is 6. The van der Waals surface area contributed by atoms with Crippen molar-refractivity contribution < 1.29 is 74.5 Å². The van der Waals surface area contributed by atoms with Crippen molar-refractivity contribution in [2.75, 3.05) is 6.61 Å². The van der Waals surface area contributed by atoms with E-state index in [2.05, 4.69) is 0 Å². The molecular weight excluding hydrogens is 592 g/mol. The number of aliphatic hydroxyl groups excluding tert-OH is 3. The number of aromatic hydroxyl groups is 7. The van der Waals surface area contributed by atoms with Crippen LogP contribution < -0.4 is 10.2 Å². The average Bonchev–Trinajstić information content (AvgIpc) is 2.97. The topological polar surface area (TPSA) is 277 Å². The third-order valence-corrected chi connectivity index (χ3v) is 6.75. The summed E-state index contributed by atoms with van der Waals surface area (Å²) in [5.74, 6) is -6.96. The van der Waals surface area contributed by atoms with Crippen molar-refractivity contribution in [3.63, 3.8) is 0 Å². The molecule has 4 aromatic rings. The Kier molecular flexibility index (Phi) is 7.75. The van der Waals surface area contributed by atoms with E-state index in [1.165, 1.54) is 6.07 Å². The van der Waals surface area contributed by atoms with Crippen molar-refractivity contribution in [2.45, 2.75) is 30.7 Å². The van der Waals surface area contributed by atoms with E-state index in [1.807, 2.05) is 0 Å². The van der Waals surface area contributed by atoms with Gasteiger partial charge in [-0.15, -0.1) is 0 Å². The van der Waals surface area contributed by atoms with Gasteiger partial charge in [0.05, 0.1) is 5.56 Å². The van der Waals surface area contributed by atoms with Crippen molar-refractivity contribution in [3.05, 3.63) is 58.3 Å². The van der Waals surface area contributed by atoms with Gasteiger partial charge in [-0.1, -0.05) is 0 Å². The minimum Gasteiger partial charge on any atom is -0.508 e. The lowest BCUT2D eigenvalue weighted by Crippen LogP contribution is -2.60. The molecule has 16 heteroatoms. The predicted molar refractivity (Wildman–Crippen MR) is 144 cm³/mol. The van der Waals surface area contributed by atoms with E-state index in [0.29, 0.717) is 0 Å². The lowest BCUT2D eigenvalue weighted by Gasteiger charge is -2.39. The van der Waals surface area contributed by atoms with Gasteiger partial charge in [0.1, 0.15) is 53.5 Å². The van der Waals surface area contributed by atoms with Crippen LogP contribution in [0.3, 0.4) is 0 Å². The molecule has 5 rings (SSSR count). The summed E-state index contributed by atoms with van der Waals surface area (Å²) >= 11 is 0. The molecule has 1 aromatic heterocycles. The predicted octanol–water partition coefficient (Wildman–Crippen LogP) is 0.443. The summed E-state index contributed by atoms with van der Waals surface area (Å²) in [5.41, 5.74) is -1.71. The van der Waals surface area contributed by atoms with Gasteiger partial charge in [0.2, 0.25) is 17.5 Å². The van der Waals surface area contributed by atoms with Gasteiger partial charge in [-0.25, -0.2) is 4.79 Å². The molecule has 2 heterocycles. The van der Waals surface area contributed by atoms with Gasteiger partial charge in [0, 0.05) is 17.7 Å². The van der Waals surface area contributed by atoms with Gasteiger partial charge in [-0.05, 0) is 30.3 Å². The molecule has 10 N–H and O–H groups in total. The maximum Gasteiger partial charge on any atom is 0.338 e. The van der Waals surface area contributed by atoms with E-state index in [4.69, 9.17) is 18.6 Å². The quantitative estimate of drug-likeness (QED) is 0.104. The molecule has 5 atom stereocenters. The smallest absolute Gasteiger partial charge is 0.338 e. The van der Waals surface area contributed by atoms with Crippen LogP contribution in [0.1, 0.15) is 10.4 Å². The van der Waals surface area contributed by atoms with Crippen LogP contribution in [0.15, 0.2) is 51.7 Å². The van der Waals surface area contributed by atoms with Gasteiger partial charge in [0.25, 0.3) is 0 Å². The first kappa shape index (κ1) is 30.1. The normalized spacial score (nSPS) is 21.7. The van der Waals surface area contributed by atoms with Crippen LogP contribution in [0.4, 0.5) is 0 Å². The fourth-order valence-electron chi connectivity index (χ4n) is 4.47. The number of ether oxygens (including phenoxy) is 3. The largest absolute Gasteiger partial charge is 0.508 e. The number of carbonyl (C=O) groups is 1. The second kappa shape index (κ2) is 11.3. The van der Waals surface area contributed by atoms with Crippen molar-refractivity contribution in [3.8, 4) is 57.3 Å². The van der Waals surface area contributed by atoms with E-state index in [0.717, 1.165) is 36.4 Å². The number of hydrogen-bond acceptors (Lipinski definition) is 16. The second-order valence-corrected chi connectivity index (χ2v) is 9.72. The van der Waals surface area contributed by atoms with E-state index >= 15 is 0 Å². The van der Waals surface area contributed by atoms with Gasteiger partial charge < -0.3 is 69.7 Å². The maximum absolute atomic E-state index is 12.6.